The molecule has 15 heavy (non-hydrogen) atoms. The van der Waals surface area contributed by atoms with Crippen molar-refractivity contribution >= 4 is 29.3 Å². The fourth-order valence-electron chi connectivity index (χ4n) is 1.74. The number of carbonyl (C=O) groups excluding carboxylic acids is 1. The van der Waals surface area contributed by atoms with Gasteiger partial charge in [0.25, 0.3) is 0 Å². The number of hydrogen-bond acceptors (Lipinski definition) is 3. The summed E-state index contributed by atoms with van der Waals surface area (Å²) in [7, 11) is 0. The molecular weight excluding hydrogens is 224 g/mol. The molecule has 1 saturated heterocycles. The van der Waals surface area contributed by atoms with Gasteiger partial charge in [-0.1, -0.05) is 39.0 Å². The lowest BCUT2D eigenvalue weighted by molar-refractivity contribution is -0.117. The molecule has 0 atom stereocenters. The number of ketones is 1. The van der Waals surface area contributed by atoms with Gasteiger partial charge < -0.3 is 0 Å². The average Bonchev–Trinajstić information content (AvgIpc) is 2.76. The molecule has 1 nitrogen and oxygen atoms in total. The van der Waals surface area contributed by atoms with Crippen molar-refractivity contribution in [1.29, 1.82) is 0 Å². The van der Waals surface area contributed by atoms with Crippen molar-refractivity contribution < 1.29 is 4.79 Å². The second kappa shape index (κ2) is 8.51. The van der Waals surface area contributed by atoms with Crippen molar-refractivity contribution in [3.8, 4) is 0 Å². The first kappa shape index (κ1) is 13.4. The summed E-state index contributed by atoms with van der Waals surface area (Å²) in [5.74, 6) is 2.81. The van der Waals surface area contributed by atoms with Gasteiger partial charge >= 0.3 is 0 Å². The Morgan fingerprint density at radius 2 is 1.67 bits per heavy atom. The molecule has 0 amide bonds. The third-order valence-electron chi connectivity index (χ3n) is 2.66. The molecule has 1 aliphatic rings. The molecule has 0 radical (unpaired) electrons. The third-order valence-corrected chi connectivity index (χ3v) is 5.75. The predicted octanol–water partition coefficient (Wildman–Crippen LogP) is 4.11. The number of Topliss-reactive ketones (excluding diaryl/α,β-unsaturated/α-hetero) is 1. The van der Waals surface area contributed by atoms with Crippen LogP contribution in [0.25, 0.3) is 0 Å². The fraction of sp³-hybridized carbons (Fsp3) is 0.917. The van der Waals surface area contributed by atoms with Crippen LogP contribution in [0.5, 0.6) is 0 Å². The van der Waals surface area contributed by atoms with Crippen molar-refractivity contribution in [3.05, 3.63) is 0 Å². The van der Waals surface area contributed by atoms with Gasteiger partial charge in [-0.2, -0.15) is 0 Å². The summed E-state index contributed by atoms with van der Waals surface area (Å²) in [6, 6.07) is 0. The van der Waals surface area contributed by atoms with E-state index in [2.05, 4.69) is 6.92 Å². The minimum Gasteiger partial charge on any atom is -0.298 e. The first-order valence-electron chi connectivity index (χ1n) is 6.10. The third kappa shape index (κ3) is 5.86. The second-order valence-electron chi connectivity index (χ2n) is 4.06. The van der Waals surface area contributed by atoms with E-state index >= 15 is 0 Å². The van der Waals surface area contributed by atoms with Crippen molar-refractivity contribution in [2.45, 2.75) is 56.5 Å². The van der Waals surface area contributed by atoms with Crippen LogP contribution in [-0.4, -0.2) is 21.9 Å². The standard InChI is InChI=1S/C12H22OS2/c1-2-3-4-5-6-7-8-11(13)12-14-9-10-15-12/h12H,2-10H2,1H3. The fourth-order valence-corrected chi connectivity index (χ4v) is 4.51. The highest BCUT2D eigenvalue weighted by atomic mass is 32.2. The lowest BCUT2D eigenvalue weighted by Gasteiger charge is -2.06. The molecule has 0 N–H and O–H groups in total. The first-order valence-corrected chi connectivity index (χ1v) is 8.20. The molecule has 1 rings (SSSR count). The maximum Gasteiger partial charge on any atom is 0.155 e. The van der Waals surface area contributed by atoms with Gasteiger partial charge in [0.15, 0.2) is 5.78 Å². The largest absolute Gasteiger partial charge is 0.298 e. The summed E-state index contributed by atoms with van der Waals surface area (Å²) < 4.78 is 0.278. The van der Waals surface area contributed by atoms with Gasteiger partial charge in [0, 0.05) is 17.9 Å². The Kier molecular flexibility index (Phi) is 7.63. The zero-order valence-electron chi connectivity index (χ0n) is 9.67. The minimum absolute atomic E-state index is 0.278. The SMILES string of the molecule is CCCCCCCCC(=O)C1SCCS1. The monoisotopic (exact) mass is 246 g/mol. The second-order valence-corrected chi connectivity index (χ2v) is 6.78. The van der Waals surface area contributed by atoms with Crippen LogP contribution in [0.2, 0.25) is 0 Å². The molecule has 88 valence electrons. The Labute approximate surface area is 102 Å². The minimum atomic E-state index is 0.278. The van der Waals surface area contributed by atoms with E-state index in [1.165, 1.54) is 32.1 Å². The predicted molar refractivity (Wildman–Crippen MR) is 71.7 cm³/mol. The van der Waals surface area contributed by atoms with Crippen LogP contribution in [0.1, 0.15) is 51.9 Å². The molecule has 0 aromatic heterocycles. The van der Waals surface area contributed by atoms with E-state index in [9.17, 15) is 4.79 Å². The Balaban J connectivity index is 1.92. The van der Waals surface area contributed by atoms with Crippen LogP contribution in [-0.2, 0) is 4.79 Å². The summed E-state index contributed by atoms with van der Waals surface area (Å²) in [6.07, 6.45) is 8.48. The molecule has 1 fully saturated rings. The molecule has 0 aliphatic carbocycles. The maximum absolute atomic E-state index is 11.7. The number of unbranched alkanes of at least 4 members (excludes halogenated alkanes) is 5. The molecule has 0 saturated carbocycles. The van der Waals surface area contributed by atoms with E-state index in [4.69, 9.17) is 0 Å². The summed E-state index contributed by atoms with van der Waals surface area (Å²) >= 11 is 3.67. The lowest BCUT2D eigenvalue weighted by atomic mass is 10.1. The van der Waals surface area contributed by atoms with E-state index in [1.807, 2.05) is 23.5 Å². The molecular formula is C12H22OS2. The van der Waals surface area contributed by atoms with Crippen LogP contribution in [0.15, 0.2) is 0 Å². The van der Waals surface area contributed by atoms with Crippen LogP contribution in [0.3, 0.4) is 0 Å². The van der Waals surface area contributed by atoms with Gasteiger partial charge in [0.05, 0.1) is 0 Å². The lowest BCUT2D eigenvalue weighted by Crippen LogP contribution is -2.10. The van der Waals surface area contributed by atoms with Gasteiger partial charge in [0.1, 0.15) is 4.58 Å². The van der Waals surface area contributed by atoms with E-state index in [0.717, 1.165) is 24.3 Å². The summed E-state index contributed by atoms with van der Waals surface area (Å²) in [5, 5.41) is 0. The molecule has 0 unspecified atom stereocenters. The van der Waals surface area contributed by atoms with E-state index in [-0.39, 0.29) is 4.58 Å². The van der Waals surface area contributed by atoms with Gasteiger partial charge in [-0.3, -0.25) is 4.79 Å². The normalized spacial score (nSPS) is 17.1. The topological polar surface area (TPSA) is 17.1 Å². The van der Waals surface area contributed by atoms with Crippen molar-refractivity contribution in [3.63, 3.8) is 0 Å². The smallest absolute Gasteiger partial charge is 0.155 e. The Hall–Kier alpha value is 0.370. The van der Waals surface area contributed by atoms with E-state index < -0.39 is 0 Å². The molecule has 1 heterocycles. The highest BCUT2D eigenvalue weighted by Gasteiger charge is 2.22. The van der Waals surface area contributed by atoms with Gasteiger partial charge in [-0.05, 0) is 6.42 Å². The number of hydrogen-bond donors (Lipinski definition) is 0. The Morgan fingerprint density at radius 1 is 1.07 bits per heavy atom. The Morgan fingerprint density at radius 3 is 2.33 bits per heavy atom. The number of rotatable bonds is 8. The highest BCUT2D eigenvalue weighted by Crippen LogP contribution is 2.33. The molecule has 1 aliphatic heterocycles. The molecule has 0 aromatic carbocycles. The van der Waals surface area contributed by atoms with Gasteiger partial charge in [-0.25, -0.2) is 0 Å². The highest BCUT2D eigenvalue weighted by molar-refractivity contribution is 8.21. The summed E-state index contributed by atoms with van der Waals surface area (Å²) in [5.41, 5.74) is 0. The summed E-state index contributed by atoms with van der Waals surface area (Å²) in [4.78, 5) is 11.7. The van der Waals surface area contributed by atoms with E-state index in [0.29, 0.717) is 5.78 Å². The molecule has 0 aromatic rings. The van der Waals surface area contributed by atoms with Crippen LogP contribution in [0, 0.1) is 0 Å². The van der Waals surface area contributed by atoms with Crippen molar-refractivity contribution in [1.82, 2.24) is 0 Å². The zero-order chi connectivity index (χ0) is 10.9. The van der Waals surface area contributed by atoms with Crippen molar-refractivity contribution in [2.75, 3.05) is 11.5 Å². The van der Waals surface area contributed by atoms with Crippen LogP contribution < -0.4 is 0 Å². The molecule has 0 spiro atoms. The van der Waals surface area contributed by atoms with Crippen LogP contribution in [0.4, 0.5) is 0 Å². The zero-order valence-corrected chi connectivity index (χ0v) is 11.3. The van der Waals surface area contributed by atoms with Gasteiger partial charge in [0.2, 0.25) is 0 Å². The Bertz CT molecular complexity index is 176. The van der Waals surface area contributed by atoms with Crippen LogP contribution >= 0.6 is 23.5 Å². The van der Waals surface area contributed by atoms with E-state index in [1.54, 1.807) is 0 Å². The van der Waals surface area contributed by atoms with Crippen molar-refractivity contribution in [2.24, 2.45) is 0 Å². The summed E-state index contributed by atoms with van der Waals surface area (Å²) in [6.45, 7) is 2.23. The average molecular weight is 246 g/mol. The number of carbonyl (C=O) groups is 1. The van der Waals surface area contributed by atoms with Gasteiger partial charge in [-0.15, -0.1) is 23.5 Å². The quantitative estimate of drug-likeness (QED) is 0.600. The molecule has 0 bridgehead atoms. The first-order chi connectivity index (χ1) is 7.34. The molecule has 3 heteroatoms. The number of thioether (sulfide) groups is 2. The maximum atomic E-state index is 11.7.